The summed E-state index contributed by atoms with van der Waals surface area (Å²) in [6.45, 7) is 6.74. The van der Waals surface area contributed by atoms with Crippen LogP contribution in [0.1, 0.15) is 50.5 Å². The first kappa shape index (κ1) is 15.7. The summed E-state index contributed by atoms with van der Waals surface area (Å²) in [5.41, 5.74) is 0.197. The molecule has 0 aliphatic heterocycles. The standard InChI is InChI=1S/C16H24N2O3/c1-10(2)12-6-5-11(3)7-14(12)21-15-9-17-13(8-18-15)16(19)20-4/h8-12,14H,5-7H2,1-4H3. The van der Waals surface area contributed by atoms with Gasteiger partial charge in [-0.1, -0.05) is 27.2 Å². The van der Waals surface area contributed by atoms with Crippen LogP contribution in [0.2, 0.25) is 0 Å². The Labute approximate surface area is 126 Å². The molecule has 5 heteroatoms. The summed E-state index contributed by atoms with van der Waals surface area (Å²) in [6, 6.07) is 0. The normalized spacial score (nSPS) is 25.7. The van der Waals surface area contributed by atoms with Crippen molar-refractivity contribution >= 4 is 5.97 Å². The molecule has 5 nitrogen and oxygen atoms in total. The Balaban J connectivity index is 2.06. The van der Waals surface area contributed by atoms with Crippen LogP contribution in [-0.2, 0) is 4.74 Å². The molecular weight excluding hydrogens is 268 g/mol. The van der Waals surface area contributed by atoms with Crippen molar-refractivity contribution in [1.82, 2.24) is 9.97 Å². The Morgan fingerprint density at radius 2 is 2.05 bits per heavy atom. The summed E-state index contributed by atoms with van der Waals surface area (Å²) in [7, 11) is 1.32. The number of nitrogens with zero attached hydrogens (tertiary/aromatic N) is 2. The van der Waals surface area contributed by atoms with Gasteiger partial charge in [0.2, 0.25) is 5.88 Å². The zero-order valence-electron chi connectivity index (χ0n) is 13.2. The van der Waals surface area contributed by atoms with E-state index in [1.807, 2.05) is 0 Å². The summed E-state index contributed by atoms with van der Waals surface area (Å²) in [6.07, 6.45) is 6.57. The topological polar surface area (TPSA) is 61.3 Å². The van der Waals surface area contributed by atoms with Crippen LogP contribution in [0.15, 0.2) is 12.4 Å². The van der Waals surface area contributed by atoms with Gasteiger partial charge in [-0.3, -0.25) is 0 Å². The molecule has 0 radical (unpaired) electrons. The van der Waals surface area contributed by atoms with E-state index >= 15 is 0 Å². The molecule has 0 aromatic carbocycles. The van der Waals surface area contributed by atoms with E-state index < -0.39 is 5.97 Å². The average molecular weight is 292 g/mol. The predicted octanol–water partition coefficient (Wildman–Crippen LogP) is 3.10. The molecule has 1 heterocycles. The molecule has 0 saturated heterocycles. The summed E-state index contributed by atoms with van der Waals surface area (Å²) in [4.78, 5) is 19.6. The van der Waals surface area contributed by atoms with Gasteiger partial charge in [0, 0.05) is 0 Å². The molecule has 1 aliphatic carbocycles. The Kier molecular flexibility index (Phi) is 5.15. The smallest absolute Gasteiger partial charge is 0.358 e. The number of carbonyl (C=O) groups is 1. The zero-order chi connectivity index (χ0) is 15.4. The fraction of sp³-hybridized carbons (Fsp3) is 0.688. The summed E-state index contributed by atoms with van der Waals surface area (Å²) >= 11 is 0. The predicted molar refractivity (Wildman–Crippen MR) is 79.1 cm³/mol. The van der Waals surface area contributed by atoms with Crippen LogP contribution in [0, 0.1) is 17.8 Å². The van der Waals surface area contributed by atoms with Gasteiger partial charge in [0.05, 0.1) is 19.5 Å². The molecule has 0 N–H and O–H groups in total. The Bertz CT molecular complexity index is 473. The molecule has 1 saturated carbocycles. The second kappa shape index (κ2) is 6.87. The van der Waals surface area contributed by atoms with E-state index in [-0.39, 0.29) is 11.8 Å². The fourth-order valence-electron chi connectivity index (χ4n) is 2.99. The largest absolute Gasteiger partial charge is 0.473 e. The van der Waals surface area contributed by atoms with Crippen molar-refractivity contribution in [3.8, 4) is 5.88 Å². The maximum absolute atomic E-state index is 11.3. The molecule has 1 aromatic heterocycles. The molecule has 3 atom stereocenters. The second-order valence-electron chi connectivity index (χ2n) is 6.21. The summed E-state index contributed by atoms with van der Waals surface area (Å²) in [5, 5.41) is 0. The number of hydrogen-bond donors (Lipinski definition) is 0. The maximum atomic E-state index is 11.3. The molecule has 0 bridgehead atoms. The minimum atomic E-state index is -0.486. The lowest BCUT2D eigenvalue weighted by Crippen LogP contribution is -2.36. The zero-order valence-corrected chi connectivity index (χ0v) is 13.2. The molecule has 1 fully saturated rings. The third-order valence-corrected chi connectivity index (χ3v) is 4.26. The van der Waals surface area contributed by atoms with Gasteiger partial charge in [-0.05, 0) is 30.6 Å². The van der Waals surface area contributed by atoms with Gasteiger partial charge in [0.1, 0.15) is 6.10 Å². The highest BCUT2D eigenvalue weighted by Gasteiger charge is 2.32. The Hall–Kier alpha value is -1.65. The Morgan fingerprint density at radius 3 is 2.62 bits per heavy atom. The summed E-state index contributed by atoms with van der Waals surface area (Å²) in [5.74, 6) is 1.80. The lowest BCUT2D eigenvalue weighted by Gasteiger charge is -2.36. The molecule has 1 aromatic rings. The van der Waals surface area contributed by atoms with Gasteiger partial charge >= 0.3 is 5.97 Å². The van der Waals surface area contributed by atoms with Crippen LogP contribution < -0.4 is 4.74 Å². The van der Waals surface area contributed by atoms with Gasteiger partial charge in [-0.2, -0.15) is 0 Å². The molecule has 1 aliphatic rings. The van der Waals surface area contributed by atoms with Crippen molar-refractivity contribution in [2.75, 3.05) is 7.11 Å². The number of esters is 1. The van der Waals surface area contributed by atoms with Crippen molar-refractivity contribution in [3.63, 3.8) is 0 Å². The van der Waals surface area contributed by atoms with E-state index in [0.717, 1.165) is 6.42 Å². The van der Waals surface area contributed by atoms with Crippen LogP contribution in [0.5, 0.6) is 5.88 Å². The van der Waals surface area contributed by atoms with Gasteiger partial charge in [-0.25, -0.2) is 14.8 Å². The number of carbonyl (C=O) groups excluding carboxylic acids is 1. The first-order chi connectivity index (χ1) is 10.0. The lowest BCUT2D eigenvalue weighted by atomic mass is 9.75. The summed E-state index contributed by atoms with van der Waals surface area (Å²) < 4.78 is 10.6. The first-order valence-electron chi connectivity index (χ1n) is 7.58. The third-order valence-electron chi connectivity index (χ3n) is 4.26. The number of hydrogen-bond acceptors (Lipinski definition) is 5. The van der Waals surface area contributed by atoms with Crippen molar-refractivity contribution in [3.05, 3.63) is 18.1 Å². The van der Waals surface area contributed by atoms with E-state index in [1.54, 1.807) is 0 Å². The molecule has 21 heavy (non-hydrogen) atoms. The minimum absolute atomic E-state index is 0.173. The highest BCUT2D eigenvalue weighted by Crippen LogP contribution is 2.35. The molecule has 3 unspecified atom stereocenters. The lowest BCUT2D eigenvalue weighted by molar-refractivity contribution is 0.0422. The average Bonchev–Trinajstić information content (AvgIpc) is 2.47. The van der Waals surface area contributed by atoms with Gasteiger partial charge < -0.3 is 9.47 Å². The maximum Gasteiger partial charge on any atom is 0.358 e. The number of aromatic nitrogens is 2. The molecule has 116 valence electrons. The third kappa shape index (κ3) is 3.93. The highest BCUT2D eigenvalue weighted by molar-refractivity contribution is 5.86. The quantitative estimate of drug-likeness (QED) is 0.798. The Morgan fingerprint density at radius 1 is 1.29 bits per heavy atom. The SMILES string of the molecule is COC(=O)c1cnc(OC2CC(C)CCC2C(C)C)cn1. The van der Waals surface area contributed by atoms with E-state index in [0.29, 0.717) is 23.6 Å². The van der Waals surface area contributed by atoms with Crippen LogP contribution in [0.4, 0.5) is 0 Å². The van der Waals surface area contributed by atoms with E-state index in [4.69, 9.17) is 4.74 Å². The molecule has 0 amide bonds. The molecule has 0 spiro atoms. The van der Waals surface area contributed by atoms with Gasteiger partial charge in [-0.15, -0.1) is 0 Å². The number of rotatable bonds is 4. The van der Waals surface area contributed by atoms with Crippen LogP contribution in [-0.4, -0.2) is 29.2 Å². The van der Waals surface area contributed by atoms with Gasteiger partial charge in [0.25, 0.3) is 0 Å². The van der Waals surface area contributed by atoms with Crippen molar-refractivity contribution in [2.24, 2.45) is 17.8 Å². The number of methoxy groups -OCH3 is 1. The van der Waals surface area contributed by atoms with E-state index in [1.165, 1.54) is 32.3 Å². The van der Waals surface area contributed by atoms with Crippen LogP contribution >= 0.6 is 0 Å². The minimum Gasteiger partial charge on any atom is -0.473 e. The molecule has 2 rings (SSSR count). The van der Waals surface area contributed by atoms with Crippen molar-refractivity contribution in [1.29, 1.82) is 0 Å². The van der Waals surface area contributed by atoms with E-state index in [9.17, 15) is 4.79 Å². The van der Waals surface area contributed by atoms with Gasteiger partial charge in [0.15, 0.2) is 5.69 Å². The molecular formula is C16H24N2O3. The van der Waals surface area contributed by atoms with Crippen LogP contribution in [0.25, 0.3) is 0 Å². The van der Waals surface area contributed by atoms with E-state index in [2.05, 4.69) is 35.5 Å². The van der Waals surface area contributed by atoms with Crippen LogP contribution in [0.3, 0.4) is 0 Å². The fourth-order valence-corrected chi connectivity index (χ4v) is 2.99. The number of ether oxygens (including phenoxy) is 2. The monoisotopic (exact) mass is 292 g/mol. The first-order valence-corrected chi connectivity index (χ1v) is 7.58. The second-order valence-corrected chi connectivity index (χ2v) is 6.21. The van der Waals surface area contributed by atoms with Crippen molar-refractivity contribution in [2.45, 2.75) is 46.1 Å². The van der Waals surface area contributed by atoms with Crippen molar-refractivity contribution < 1.29 is 14.3 Å². The highest BCUT2D eigenvalue weighted by atomic mass is 16.5.